The fourth-order valence-electron chi connectivity index (χ4n) is 1.35. The first-order chi connectivity index (χ1) is 6.22. The summed E-state index contributed by atoms with van der Waals surface area (Å²) in [6, 6.07) is 5.18. The summed E-state index contributed by atoms with van der Waals surface area (Å²) in [5.41, 5.74) is 1.80. The smallest absolute Gasteiger partial charge is 0.346 e. The Bertz CT molecular complexity index is 398. The molecule has 0 radical (unpaired) electrons. The van der Waals surface area contributed by atoms with Crippen LogP contribution in [0.25, 0.3) is 0 Å². The van der Waals surface area contributed by atoms with Gasteiger partial charge in [-0.05, 0) is 6.07 Å². The molecule has 2 rings (SSSR count). The van der Waals surface area contributed by atoms with Gasteiger partial charge in [0.1, 0.15) is 0 Å². The van der Waals surface area contributed by atoms with Crippen LogP contribution in [-0.4, -0.2) is 19.2 Å². The van der Waals surface area contributed by atoms with Gasteiger partial charge in [0.2, 0.25) is 0 Å². The number of carbonyl (C=O) groups excluding carboxylic acids is 2. The predicted molar refractivity (Wildman–Crippen MR) is 48.8 cm³/mol. The van der Waals surface area contributed by atoms with Crippen molar-refractivity contribution in [2.45, 2.75) is 6.82 Å². The van der Waals surface area contributed by atoms with Crippen molar-refractivity contribution in [3.05, 3.63) is 29.3 Å². The summed E-state index contributed by atoms with van der Waals surface area (Å²) < 4.78 is 4.45. The quantitative estimate of drug-likeness (QED) is 0.344. The molecule has 1 heterocycles. The van der Waals surface area contributed by atoms with Gasteiger partial charge in [-0.15, -0.1) is 0 Å². The van der Waals surface area contributed by atoms with Crippen LogP contribution in [0.5, 0.6) is 0 Å². The molecule has 0 fully saturated rings. The maximum Gasteiger partial charge on any atom is 0.346 e. The SMILES string of the molecule is CBc1ccc2c(c1)C(=O)OC2=O. The van der Waals surface area contributed by atoms with E-state index in [9.17, 15) is 9.59 Å². The Labute approximate surface area is 75.9 Å². The van der Waals surface area contributed by atoms with E-state index < -0.39 is 11.9 Å². The highest BCUT2D eigenvalue weighted by molar-refractivity contribution is 6.52. The van der Waals surface area contributed by atoms with Gasteiger partial charge >= 0.3 is 11.9 Å². The maximum absolute atomic E-state index is 11.1. The third-order valence-corrected chi connectivity index (χ3v) is 2.12. The molecule has 1 aliphatic rings. The second-order valence-corrected chi connectivity index (χ2v) is 2.91. The molecule has 0 N–H and O–H groups in total. The highest BCUT2D eigenvalue weighted by Crippen LogP contribution is 2.17. The molecular weight excluding hydrogens is 167 g/mol. The summed E-state index contributed by atoms with van der Waals surface area (Å²) in [7, 11) is 0.842. The zero-order valence-electron chi connectivity index (χ0n) is 7.16. The first kappa shape index (κ1) is 8.04. The van der Waals surface area contributed by atoms with Crippen LogP contribution in [0.4, 0.5) is 0 Å². The molecule has 0 saturated heterocycles. The van der Waals surface area contributed by atoms with E-state index >= 15 is 0 Å². The molecule has 64 valence electrons. The van der Waals surface area contributed by atoms with Gasteiger partial charge in [0.15, 0.2) is 7.28 Å². The molecule has 1 aromatic rings. The Morgan fingerprint density at radius 1 is 1.15 bits per heavy atom. The monoisotopic (exact) mass is 174 g/mol. The lowest BCUT2D eigenvalue weighted by Gasteiger charge is -1.95. The van der Waals surface area contributed by atoms with E-state index in [1.807, 2.05) is 12.9 Å². The van der Waals surface area contributed by atoms with Gasteiger partial charge in [-0.1, -0.05) is 24.4 Å². The van der Waals surface area contributed by atoms with Gasteiger partial charge in [0.25, 0.3) is 0 Å². The molecule has 0 aromatic heterocycles. The lowest BCUT2D eigenvalue weighted by Crippen LogP contribution is -2.12. The van der Waals surface area contributed by atoms with E-state index in [0.717, 1.165) is 12.7 Å². The van der Waals surface area contributed by atoms with Crippen molar-refractivity contribution in [2.75, 3.05) is 0 Å². The number of fused-ring (bicyclic) bond motifs is 1. The lowest BCUT2D eigenvalue weighted by atomic mass is 9.72. The van der Waals surface area contributed by atoms with Crippen LogP contribution in [0.15, 0.2) is 18.2 Å². The summed E-state index contributed by atoms with van der Waals surface area (Å²) in [4.78, 5) is 22.1. The molecule has 0 saturated carbocycles. The van der Waals surface area contributed by atoms with Gasteiger partial charge < -0.3 is 4.74 Å². The van der Waals surface area contributed by atoms with Crippen molar-refractivity contribution in [3.8, 4) is 0 Å². The van der Waals surface area contributed by atoms with Crippen LogP contribution in [0, 0.1) is 0 Å². The van der Waals surface area contributed by atoms with Crippen LogP contribution in [0.1, 0.15) is 20.7 Å². The number of carbonyl (C=O) groups is 2. The van der Waals surface area contributed by atoms with Crippen LogP contribution >= 0.6 is 0 Å². The van der Waals surface area contributed by atoms with Crippen LogP contribution in [0.3, 0.4) is 0 Å². The second kappa shape index (κ2) is 2.73. The minimum atomic E-state index is -0.539. The number of hydrogen-bond acceptors (Lipinski definition) is 3. The number of rotatable bonds is 1. The molecule has 0 bridgehead atoms. The molecule has 0 atom stereocenters. The zero-order chi connectivity index (χ0) is 9.42. The van der Waals surface area contributed by atoms with Gasteiger partial charge in [0.05, 0.1) is 11.1 Å². The molecule has 1 aliphatic heterocycles. The summed E-state index contributed by atoms with van der Waals surface area (Å²) >= 11 is 0. The molecular formula is C9H7BO3. The number of esters is 2. The van der Waals surface area contributed by atoms with Crippen molar-refractivity contribution in [3.63, 3.8) is 0 Å². The van der Waals surface area contributed by atoms with E-state index in [4.69, 9.17) is 0 Å². The molecule has 1 aromatic carbocycles. The Morgan fingerprint density at radius 3 is 2.54 bits per heavy atom. The Hall–Kier alpha value is -1.58. The van der Waals surface area contributed by atoms with E-state index in [2.05, 4.69) is 4.74 Å². The maximum atomic E-state index is 11.1. The Kier molecular flexibility index (Phi) is 1.69. The Morgan fingerprint density at radius 2 is 1.85 bits per heavy atom. The summed E-state index contributed by atoms with van der Waals surface area (Å²) in [5, 5.41) is 0. The van der Waals surface area contributed by atoms with Crippen molar-refractivity contribution in [1.29, 1.82) is 0 Å². The van der Waals surface area contributed by atoms with Crippen LogP contribution < -0.4 is 5.46 Å². The molecule has 0 unspecified atom stereocenters. The fraction of sp³-hybridized carbons (Fsp3) is 0.111. The minimum Gasteiger partial charge on any atom is -0.386 e. The number of hydrogen-bond donors (Lipinski definition) is 0. The topological polar surface area (TPSA) is 43.4 Å². The van der Waals surface area contributed by atoms with Crippen LogP contribution in [-0.2, 0) is 4.74 Å². The van der Waals surface area contributed by atoms with Gasteiger partial charge in [-0.2, -0.15) is 0 Å². The Balaban J connectivity index is 2.58. The molecule has 13 heavy (non-hydrogen) atoms. The van der Waals surface area contributed by atoms with E-state index in [-0.39, 0.29) is 0 Å². The van der Waals surface area contributed by atoms with Gasteiger partial charge in [0, 0.05) is 0 Å². The number of ether oxygens (including phenoxy) is 1. The van der Waals surface area contributed by atoms with Crippen molar-refractivity contribution in [2.24, 2.45) is 0 Å². The molecule has 0 spiro atoms. The van der Waals surface area contributed by atoms with Crippen molar-refractivity contribution < 1.29 is 14.3 Å². The van der Waals surface area contributed by atoms with Crippen molar-refractivity contribution >= 4 is 24.7 Å². The fourth-order valence-corrected chi connectivity index (χ4v) is 1.35. The van der Waals surface area contributed by atoms with E-state index in [1.165, 1.54) is 0 Å². The first-order valence-corrected chi connectivity index (χ1v) is 4.12. The van der Waals surface area contributed by atoms with Gasteiger partial charge in [-0.3, -0.25) is 0 Å². The lowest BCUT2D eigenvalue weighted by molar-refractivity contribution is 0.0444. The predicted octanol–water partition coefficient (Wildman–Crippen LogP) is 0.107. The molecule has 4 heteroatoms. The zero-order valence-corrected chi connectivity index (χ0v) is 7.16. The number of benzene rings is 1. The first-order valence-electron chi connectivity index (χ1n) is 4.12. The minimum absolute atomic E-state index is 0.377. The summed E-state index contributed by atoms with van der Waals surface area (Å²) in [5.74, 6) is -1.07. The van der Waals surface area contributed by atoms with Gasteiger partial charge in [-0.25, -0.2) is 9.59 Å². The highest BCUT2D eigenvalue weighted by atomic mass is 16.6. The summed E-state index contributed by atoms with van der Waals surface area (Å²) in [6.07, 6.45) is 0. The molecule has 3 nitrogen and oxygen atoms in total. The third-order valence-electron chi connectivity index (χ3n) is 2.12. The highest BCUT2D eigenvalue weighted by Gasteiger charge is 2.29. The normalized spacial score (nSPS) is 13.9. The third kappa shape index (κ3) is 1.14. The van der Waals surface area contributed by atoms with E-state index in [1.54, 1.807) is 12.1 Å². The largest absolute Gasteiger partial charge is 0.386 e. The molecule has 0 amide bonds. The van der Waals surface area contributed by atoms with Crippen molar-refractivity contribution in [1.82, 2.24) is 0 Å². The molecule has 0 aliphatic carbocycles. The second-order valence-electron chi connectivity index (χ2n) is 2.91. The summed E-state index contributed by atoms with van der Waals surface area (Å²) in [6.45, 7) is 1.99. The standard InChI is InChI=1S/C9H7BO3/c1-10-5-2-3-6-7(4-5)9(12)13-8(6)11/h2-4,10H,1H3. The average molecular weight is 174 g/mol. The van der Waals surface area contributed by atoms with Crippen LogP contribution in [0.2, 0.25) is 6.82 Å². The average Bonchev–Trinajstić information content (AvgIpc) is 2.42. The number of cyclic esters (lactones) is 2. The van der Waals surface area contributed by atoms with E-state index in [0.29, 0.717) is 11.1 Å².